The zero-order chi connectivity index (χ0) is 42.6. The van der Waals surface area contributed by atoms with Crippen molar-refractivity contribution in [3.8, 4) is 0 Å². The summed E-state index contributed by atoms with van der Waals surface area (Å²) < 4.78 is 13.5. The SMILES string of the molecule is Cc1ccc(N(c2cc(C)c(C)c(C)c2)c2ccc3cc4c(cc3c2)oc2c4ccc3oc4cc5cc(N(c6ccc(C)cc6)c6cc(C)c(C)c(C)c6)ccc5cc4c32)cc1. The first-order valence-electron chi connectivity index (χ1n) is 21.6. The third-order valence-electron chi connectivity index (χ3n) is 13.4. The second-order valence-electron chi connectivity index (χ2n) is 17.5. The van der Waals surface area contributed by atoms with Crippen molar-refractivity contribution in [3.63, 3.8) is 0 Å². The van der Waals surface area contributed by atoms with E-state index in [0.717, 1.165) is 94.2 Å². The fourth-order valence-corrected chi connectivity index (χ4v) is 9.40. The fourth-order valence-electron chi connectivity index (χ4n) is 9.40. The van der Waals surface area contributed by atoms with Crippen LogP contribution in [0.5, 0.6) is 0 Å². The summed E-state index contributed by atoms with van der Waals surface area (Å²) in [5, 5.41) is 8.79. The van der Waals surface area contributed by atoms with E-state index in [4.69, 9.17) is 8.83 Å². The molecule has 0 fully saturated rings. The van der Waals surface area contributed by atoms with Gasteiger partial charge in [0.15, 0.2) is 0 Å². The smallest absolute Gasteiger partial charge is 0.147 e. The van der Waals surface area contributed by atoms with E-state index >= 15 is 0 Å². The summed E-state index contributed by atoms with van der Waals surface area (Å²) in [6.45, 7) is 17.5. The summed E-state index contributed by atoms with van der Waals surface area (Å²) in [4.78, 5) is 4.72. The molecule has 0 aliphatic carbocycles. The summed E-state index contributed by atoms with van der Waals surface area (Å²) >= 11 is 0. The maximum atomic E-state index is 6.88. The molecule has 0 spiro atoms. The van der Waals surface area contributed by atoms with Crippen LogP contribution in [0, 0.1) is 55.4 Å². The molecule has 0 N–H and O–H groups in total. The highest BCUT2D eigenvalue weighted by molar-refractivity contribution is 6.24. The van der Waals surface area contributed by atoms with Crippen molar-refractivity contribution in [2.75, 3.05) is 9.80 Å². The number of rotatable bonds is 6. The van der Waals surface area contributed by atoms with Crippen LogP contribution >= 0.6 is 0 Å². The molecular weight excluding hydrogens is 757 g/mol. The van der Waals surface area contributed by atoms with Crippen molar-refractivity contribution in [1.29, 1.82) is 0 Å². The molecule has 11 aromatic rings. The third-order valence-corrected chi connectivity index (χ3v) is 13.4. The number of benzene rings is 9. The Morgan fingerprint density at radius 2 is 0.742 bits per heavy atom. The Morgan fingerprint density at radius 3 is 1.23 bits per heavy atom. The summed E-state index contributed by atoms with van der Waals surface area (Å²) in [6.07, 6.45) is 0. The first kappa shape index (κ1) is 37.7. The molecule has 0 amide bonds. The van der Waals surface area contributed by atoms with E-state index in [-0.39, 0.29) is 0 Å². The molecular formula is C58H48N2O2. The van der Waals surface area contributed by atoms with Crippen LogP contribution in [-0.2, 0) is 0 Å². The van der Waals surface area contributed by atoms with Crippen LogP contribution in [0.3, 0.4) is 0 Å². The summed E-state index contributed by atoms with van der Waals surface area (Å²) in [7, 11) is 0. The molecule has 9 aromatic carbocycles. The number of hydrogen-bond donors (Lipinski definition) is 0. The number of aryl methyl sites for hydroxylation is 6. The van der Waals surface area contributed by atoms with Gasteiger partial charge < -0.3 is 18.6 Å². The molecule has 0 saturated heterocycles. The van der Waals surface area contributed by atoms with Crippen molar-refractivity contribution < 1.29 is 8.83 Å². The monoisotopic (exact) mass is 804 g/mol. The van der Waals surface area contributed by atoms with Gasteiger partial charge in [-0.15, -0.1) is 0 Å². The van der Waals surface area contributed by atoms with Crippen molar-refractivity contribution in [3.05, 3.63) is 190 Å². The van der Waals surface area contributed by atoms with E-state index in [1.54, 1.807) is 0 Å². The molecule has 0 aliphatic heterocycles. The predicted octanol–water partition coefficient (Wildman–Crippen LogP) is 17.2. The fraction of sp³-hybridized carbons (Fsp3) is 0.138. The van der Waals surface area contributed by atoms with Gasteiger partial charge in [0.05, 0.1) is 5.39 Å². The van der Waals surface area contributed by atoms with Crippen molar-refractivity contribution >= 4 is 99.5 Å². The van der Waals surface area contributed by atoms with Gasteiger partial charge in [0.2, 0.25) is 0 Å². The molecule has 2 heterocycles. The summed E-state index contributed by atoms with van der Waals surface area (Å²) in [6, 6.07) is 53.5. The maximum absolute atomic E-state index is 6.88. The highest BCUT2D eigenvalue weighted by Gasteiger charge is 2.21. The first-order valence-corrected chi connectivity index (χ1v) is 21.6. The summed E-state index contributed by atoms with van der Waals surface area (Å²) in [5.41, 5.74) is 20.4. The molecule has 4 heteroatoms. The Balaban J connectivity index is 1.03. The lowest BCUT2D eigenvalue weighted by atomic mass is 10.0. The van der Waals surface area contributed by atoms with Gasteiger partial charge in [-0.2, -0.15) is 0 Å². The van der Waals surface area contributed by atoms with Gasteiger partial charge in [-0.05, 0) is 220 Å². The lowest BCUT2D eigenvalue weighted by Crippen LogP contribution is -2.11. The average Bonchev–Trinajstić information content (AvgIpc) is 3.81. The molecule has 0 aliphatic rings. The van der Waals surface area contributed by atoms with E-state index in [1.807, 2.05) is 0 Å². The maximum Gasteiger partial charge on any atom is 0.147 e. The van der Waals surface area contributed by atoms with Gasteiger partial charge in [-0.3, -0.25) is 0 Å². The van der Waals surface area contributed by atoms with Gasteiger partial charge in [0.25, 0.3) is 0 Å². The molecule has 0 saturated carbocycles. The van der Waals surface area contributed by atoms with Crippen LogP contribution in [0.25, 0.3) is 65.4 Å². The first-order chi connectivity index (χ1) is 30.0. The quantitative estimate of drug-likeness (QED) is 0.168. The van der Waals surface area contributed by atoms with Crippen LogP contribution in [-0.4, -0.2) is 0 Å². The van der Waals surface area contributed by atoms with Gasteiger partial charge in [-0.25, -0.2) is 0 Å². The third kappa shape index (κ3) is 6.12. The van der Waals surface area contributed by atoms with E-state index in [2.05, 4.69) is 211 Å². The van der Waals surface area contributed by atoms with E-state index in [1.165, 1.54) is 49.9 Å². The predicted molar refractivity (Wildman–Crippen MR) is 263 cm³/mol. The van der Waals surface area contributed by atoms with Crippen LogP contribution in [0.4, 0.5) is 34.1 Å². The Kier molecular flexibility index (Phi) is 8.59. The van der Waals surface area contributed by atoms with E-state index < -0.39 is 0 Å². The van der Waals surface area contributed by atoms with Crippen LogP contribution < -0.4 is 9.80 Å². The van der Waals surface area contributed by atoms with Crippen LogP contribution in [0.2, 0.25) is 0 Å². The van der Waals surface area contributed by atoms with Crippen molar-refractivity contribution in [2.24, 2.45) is 0 Å². The van der Waals surface area contributed by atoms with Crippen LogP contribution in [0.15, 0.2) is 154 Å². The number of hydrogen-bond acceptors (Lipinski definition) is 4. The molecule has 0 radical (unpaired) electrons. The number of nitrogens with zero attached hydrogens (tertiary/aromatic N) is 2. The van der Waals surface area contributed by atoms with Gasteiger partial charge in [0, 0.05) is 50.3 Å². The molecule has 62 heavy (non-hydrogen) atoms. The van der Waals surface area contributed by atoms with Crippen molar-refractivity contribution in [1.82, 2.24) is 0 Å². The topological polar surface area (TPSA) is 32.8 Å². The average molecular weight is 805 g/mol. The molecule has 4 nitrogen and oxygen atoms in total. The van der Waals surface area contributed by atoms with Crippen molar-refractivity contribution in [2.45, 2.75) is 55.4 Å². The molecule has 0 atom stereocenters. The number of anilines is 6. The van der Waals surface area contributed by atoms with Gasteiger partial charge >= 0.3 is 0 Å². The minimum absolute atomic E-state index is 0.818. The van der Waals surface area contributed by atoms with E-state index in [9.17, 15) is 0 Å². The van der Waals surface area contributed by atoms with E-state index in [0.29, 0.717) is 0 Å². The highest BCUT2D eigenvalue weighted by atomic mass is 16.3. The molecule has 2 aromatic heterocycles. The van der Waals surface area contributed by atoms with Gasteiger partial charge in [-0.1, -0.05) is 47.5 Å². The standard InChI is InChI=1S/C58H48N2O2/c1-33-9-15-45(16-10-33)59(49-23-35(3)39(7)36(4)24-49)47-19-13-41-29-52-51-21-22-54-57(58(51)62-55(52)31-43(41)27-47)53-30-42-14-20-48(28-44(42)32-56(53)61-54)60(46-17-11-34(2)12-18-46)50-25-37(5)40(8)38(6)26-50/h9-32H,1-8H3. The molecule has 0 bridgehead atoms. The lowest BCUT2D eigenvalue weighted by Gasteiger charge is -2.27. The number of fused-ring (bicyclic) bond motifs is 9. The Hall–Kier alpha value is -7.30. The Bertz CT molecular complexity index is 3560. The molecule has 11 rings (SSSR count). The second kappa shape index (κ2) is 14.1. The lowest BCUT2D eigenvalue weighted by molar-refractivity contribution is 0.663. The normalized spacial score (nSPS) is 11.9. The highest BCUT2D eigenvalue weighted by Crippen LogP contribution is 2.44. The number of furan rings is 2. The second-order valence-corrected chi connectivity index (χ2v) is 17.5. The Labute approximate surface area is 362 Å². The largest absolute Gasteiger partial charge is 0.456 e. The zero-order valence-electron chi connectivity index (χ0n) is 36.6. The summed E-state index contributed by atoms with van der Waals surface area (Å²) in [5.74, 6) is 0. The van der Waals surface area contributed by atoms with Gasteiger partial charge in [0.1, 0.15) is 22.3 Å². The minimum atomic E-state index is 0.818. The molecule has 0 unspecified atom stereocenters. The zero-order valence-corrected chi connectivity index (χ0v) is 36.6. The Morgan fingerprint density at radius 1 is 0.306 bits per heavy atom. The minimum Gasteiger partial charge on any atom is -0.456 e. The van der Waals surface area contributed by atoms with Crippen LogP contribution in [0.1, 0.15) is 44.5 Å². The molecule has 302 valence electrons.